The van der Waals surface area contributed by atoms with Gasteiger partial charge in [0.15, 0.2) is 0 Å². The van der Waals surface area contributed by atoms with Crippen molar-refractivity contribution in [3.63, 3.8) is 0 Å². The van der Waals surface area contributed by atoms with Crippen LogP contribution in [-0.4, -0.2) is 15.9 Å². The zero-order chi connectivity index (χ0) is 16.0. The number of hydrogen-bond acceptors (Lipinski definition) is 3. The van der Waals surface area contributed by atoms with E-state index in [-0.39, 0.29) is 12.8 Å². The number of anilines is 1. The van der Waals surface area contributed by atoms with Gasteiger partial charge in [0.2, 0.25) is 0 Å². The highest BCUT2D eigenvalue weighted by Gasteiger charge is 2.13. The number of benzene rings is 2. The van der Waals surface area contributed by atoms with Crippen molar-refractivity contribution in [1.29, 1.82) is 0 Å². The standard InChI is InChI=1S/C15H16NO5P/c17-15(21-10-12-4-2-1-3-5-12)16-14-8-6-13(7-9-14)11-22(18,19)20/h1-9H,10-11H2,(H,16,17)(H2,18,19,20). The molecule has 0 heterocycles. The van der Waals surface area contributed by atoms with Gasteiger partial charge in [-0.15, -0.1) is 0 Å². The van der Waals surface area contributed by atoms with Crippen LogP contribution in [0.1, 0.15) is 11.1 Å². The van der Waals surface area contributed by atoms with E-state index in [1.807, 2.05) is 30.3 Å². The van der Waals surface area contributed by atoms with Crippen LogP contribution in [0.3, 0.4) is 0 Å². The maximum atomic E-state index is 11.6. The number of nitrogens with one attached hydrogen (secondary N) is 1. The lowest BCUT2D eigenvalue weighted by Crippen LogP contribution is -2.13. The van der Waals surface area contributed by atoms with E-state index in [0.717, 1.165) is 5.56 Å². The van der Waals surface area contributed by atoms with Crippen molar-refractivity contribution < 1.29 is 23.9 Å². The highest BCUT2D eigenvalue weighted by Crippen LogP contribution is 2.39. The lowest BCUT2D eigenvalue weighted by Gasteiger charge is -2.08. The Labute approximate surface area is 127 Å². The normalized spacial score (nSPS) is 11.0. The predicted molar refractivity (Wildman–Crippen MR) is 82.4 cm³/mol. The van der Waals surface area contributed by atoms with E-state index in [9.17, 15) is 9.36 Å². The first kappa shape index (κ1) is 16.2. The van der Waals surface area contributed by atoms with Gasteiger partial charge in [-0.05, 0) is 23.3 Å². The van der Waals surface area contributed by atoms with Crippen molar-refractivity contribution >= 4 is 19.4 Å². The fraction of sp³-hybridized carbons (Fsp3) is 0.133. The third kappa shape index (κ3) is 5.69. The van der Waals surface area contributed by atoms with Crippen LogP contribution in [0.15, 0.2) is 54.6 Å². The van der Waals surface area contributed by atoms with E-state index < -0.39 is 13.7 Å². The van der Waals surface area contributed by atoms with Crippen LogP contribution in [0.2, 0.25) is 0 Å². The molecule has 2 aromatic rings. The molecule has 3 N–H and O–H groups in total. The van der Waals surface area contributed by atoms with E-state index in [0.29, 0.717) is 11.3 Å². The summed E-state index contributed by atoms with van der Waals surface area (Å²) in [5.74, 6) is 0. The summed E-state index contributed by atoms with van der Waals surface area (Å²) in [6, 6.07) is 15.5. The summed E-state index contributed by atoms with van der Waals surface area (Å²) in [6.07, 6.45) is -0.919. The van der Waals surface area contributed by atoms with Crippen molar-refractivity contribution in [2.45, 2.75) is 12.8 Å². The molecule has 0 aliphatic rings. The monoisotopic (exact) mass is 321 g/mol. The maximum absolute atomic E-state index is 11.6. The molecular formula is C15H16NO5P. The largest absolute Gasteiger partial charge is 0.444 e. The Kier molecular flexibility index (Phi) is 5.33. The van der Waals surface area contributed by atoms with E-state index in [2.05, 4.69) is 5.32 Å². The molecule has 2 rings (SSSR count). The molecule has 0 radical (unpaired) electrons. The van der Waals surface area contributed by atoms with Crippen LogP contribution < -0.4 is 5.32 Å². The van der Waals surface area contributed by atoms with Gasteiger partial charge in [0.1, 0.15) is 6.61 Å². The SMILES string of the molecule is O=C(Nc1ccc(CP(=O)(O)O)cc1)OCc1ccccc1. The van der Waals surface area contributed by atoms with E-state index in [1.54, 1.807) is 24.3 Å². The first-order valence-electron chi connectivity index (χ1n) is 6.53. The molecular weight excluding hydrogens is 305 g/mol. The third-order valence-electron chi connectivity index (χ3n) is 2.80. The minimum Gasteiger partial charge on any atom is -0.444 e. The van der Waals surface area contributed by atoms with Crippen molar-refractivity contribution in [2.75, 3.05) is 5.32 Å². The van der Waals surface area contributed by atoms with Crippen LogP contribution in [0.25, 0.3) is 0 Å². The van der Waals surface area contributed by atoms with E-state index >= 15 is 0 Å². The molecule has 22 heavy (non-hydrogen) atoms. The second-order valence-corrected chi connectivity index (χ2v) is 6.35. The number of carbonyl (C=O) groups is 1. The number of carbonyl (C=O) groups excluding carboxylic acids is 1. The lowest BCUT2D eigenvalue weighted by molar-refractivity contribution is 0.155. The van der Waals surface area contributed by atoms with Gasteiger partial charge in [0.25, 0.3) is 0 Å². The minimum atomic E-state index is -4.09. The maximum Gasteiger partial charge on any atom is 0.411 e. The second kappa shape index (κ2) is 7.22. The van der Waals surface area contributed by atoms with Gasteiger partial charge in [-0.25, -0.2) is 4.79 Å². The molecule has 116 valence electrons. The summed E-state index contributed by atoms with van der Waals surface area (Å²) in [6.45, 7) is 0.170. The van der Waals surface area contributed by atoms with Gasteiger partial charge in [0, 0.05) is 5.69 Å². The highest BCUT2D eigenvalue weighted by molar-refractivity contribution is 7.50. The summed E-state index contributed by atoms with van der Waals surface area (Å²) in [5.41, 5.74) is 1.87. The molecule has 7 heteroatoms. The van der Waals surface area contributed by atoms with Crippen molar-refractivity contribution in [3.05, 3.63) is 65.7 Å². The average Bonchev–Trinajstić information content (AvgIpc) is 2.47. The van der Waals surface area contributed by atoms with Crippen LogP contribution in [0.5, 0.6) is 0 Å². The zero-order valence-corrected chi connectivity index (χ0v) is 12.6. The molecule has 0 aromatic heterocycles. The van der Waals surface area contributed by atoms with Crippen LogP contribution in [0, 0.1) is 0 Å². The fourth-order valence-corrected chi connectivity index (χ4v) is 2.49. The minimum absolute atomic E-state index is 0.170. The molecule has 0 aliphatic carbocycles. The van der Waals surface area contributed by atoms with Gasteiger partial charge in [-0.3, -0.25) is 9.88 Å². The zero-order valence-electron chi connectivity index (χ0n) is 11.7. The first-order valence-corrected chi connectivity index (χ1v) is 8.33. The molecule has 0 spiro atoms. The molecule has 2 aromatic carbocycles. The Morgan fingerprint density at radius 1 is 1.00 bits per heavy atom. The van der Waals surface area contributed by atoms with Gasteiger partial charge in [-0.1, -0.05) is 42.5 Å². The molecule has 0 saturated carbocycles. The van der Waals surface area contributed by atoms with Gasteiger partial charge < -0.3 is 14.5 Å². The molecule has 1 amide bonds. The van der Waals surface area contributed by atoms with Crippen molar-refractivity contribution in [1.82, 2.24) is 0 Å². The van der Waals surface area contributed by atoms with Crippen LogP contribution in [-0.2, 0) is 22.1 Å². The third-order valence-corrected chi connectivity index (χ3v) is 3.58. The highest BCUT2D eigenvalue weighted by atomic mass is 31.2. The van der Waals surface area contributed by atoms with E-state index in [1.165, 1.54) is 0 Å². The second-order valence-electron chi connectivity index (χ2n) is 4.71. The number of rotatable bonds is 5. The summed E-state index contributed by atoms with van der Waals surface area (Å²) < 4.78 is 16.0. The lowest BCUT2D eigenvalue weighted by atomic mass is 10.2. The topological polar surface area (TPSA) is 95.9 Å². The molecule has 0 atom stereocenters. The molecule has 0 unspecified atom stereocenters. The molecule has 0 saturated heterocycles. The van der Waals surface area contributed by atoms with Crippen molar-refractivity contribution in [3.8, 4) is 0 Å². The Morgan fingerprint density at radius 3 is 2.23 bits per heavy atom. The summed E-state index contributed by atoms with van der Waals surface area (Å²) in [4.78, 5) is 29.4. The van der Waals surface area contributed by atoms with Crippen LogP contribution in [0.4, 0.5) is 10.5 Å². The predicted octanol–water partition coefficient (Wildman–Crippen LogP) is 3.11. The summed E-state index contributed by atoms with van der Waals surface area (Å²) in [5, 5.41) is 2.55. The molecule has 0 bridgehead atoms. The fourth-order valence-electron chi connectivity index (χ4n) is 1.81. The molecule has 6 nitrogen and oxygen atoms in total. The quantitative estimate of drug-likeness (QED) is 0.735. The summed E-state index contributed by atoms with van der Waals surface area (Å²) >= 11 is 0. The number of ether oxygens (including phenoxy) is 1. The molecule has 0 aliphatic heterocycles. The van der Waals surface area contributed by atoms with Crippen LogP contribution >= 0.6 is 7.60 Å². The van der Waals surface area contributed by atoms with Crippen molar-refractivity contribution in [2.24, 2.45) is 0 Å². The number of hydrogen-bond donors (Lipinski definition) is 3. The van der Waals surface area contributed by atoms with Gasteiger partial charge in [0.05, 0.1) is 6.16 Å². The number of amides is 1. The Morgan fingerprint density at radius 2 is 1.64 bits per heavy atom. The van der Waals surface area contributed by atoms with Gasteiger partial charge >= 0.3 is 13.7 Å². The molecule has 0 fully saturated rings. The average molecular weight is 321 g/mol. The smallest absolute Gasteiger partial charge is 0.411 e. The Bertz CT molecular complexity index is 666. The Balaban J connectivity index is 1.85. The van der Waals surface area contributed by atoms with E-state index in [4.69, 9.17) is 14.5 Å². The first-order chi connectivity index (χ1) is 10.4. The Hall–Kier alpha value is -2.14. The van der Waals surface area contributed by atoms with Gasteiger partial charge in [-0.2, -0.15) is 0 Å². The summed E-state index contributed by atoms with van der Waals surface area (Å²) in [7, 11) is -4.09.